The highest BCUT2D eigenvalue weighted by molar-refractivity contribution is 5.79. The monoisotopic (exact) mass is 221 g/mol. The molecule has 0 saturated carbocycles. The molecule has 0 N–H and O–H groups in total. The second kappa shape index (κ2) is 4.79. The van der Waals surface area contributed by atoms with Crippen molar-refractivity contribution in [1.82, 2.24) is 0 Å². The molecule has 4 nitrogen and oxygen atoms in total. The molecule has 16 heavy (non-hydrogen) atoms. The van der Waals surface area contributed by atoms with E-state index in [4.69, 9.17) is 4.74 Å². The van der Waals surface area contributed by atoms with Crippen molar-refractivity contribution in [3.63, 3.8) is 0 Å². The van der Waals surface area contributed by atoms with Crippen molar-refractivity contribution >= 4 is 12.3 Å². The lowest BCUT2D eigenvalue weighted by molar-refractivity contribution is -0.374. The largest absolute Gasteiger partial charge is 0.613 e. The van der Waals surface area contributed by atoms with Gasteiger partial charge in [-0.25, -0.2) is 0 Å². The van der Waals surface area contributed by atoms with Crippen molar-refractivity contribution in [2.24, 2.45) is 0 Å². The number of benzene rings is 1. The van der Waals surface area contributed by atoms with Crippen molar-refractivity contribution < 1.29 is 14.3 Å². The molecular formula is C12H15NO3. The van der Waals surface area contributed by atoms with Gasteiger partial charge in [0.25, 0.3) is 0 Å². The fraction of sp³-hybridized carbons (Fsp3) is 0.333. The quantitative estimate of drug-likeness (QED) is 0.317. The molecule has 0 unspecified atom stereocenters. The van der Waals surface area contributed by atoms with Crippen LogP contribution in [0.2, 0.25) is 0 Å². The summed E-state index contributed by atoms with van der Waals surface area (Å²) in [4.78, 5) is 11.3. The van der Waals surface area contributed by atoms with Crippen LogP contribution in [-0.4, -0.2) is 22.6 Å². The van der Waals surface area contributed by atoms with Crippen molar-refractivity contribution in [1.29, 1.82) is 0 Å². The minimum absolute atomic E-state index is 0.195. The van der Waals surface area contributed by atoms with Gasteiger partial charge in [0.05, 0.1) is 0 Å². The highest BCUT2D eigenvalue weighted by Crippen LogP contribution is 2.07. The zero-order valence-corrected chi connectivity index (χ0v) is 9.64. The number of hydrogen-bond donors (Lipinski definition) is 0. The fourth-order valence-corrected chi connectivity index (χ4v) is 1.03. The van der Waals surface area contributed by atoms with Crippen LogP contribution in [0, 0.1) is 5.21 Å². The van der Waals surface area contributed by atoms with Crippen LogP contribution in [0.25, 0.3) is 0 Å². The molecule has 0 heterocycles. The summed E-state index contributed by atoms with van der Waals surface area (Å²) in [5, 5.41) is 11.4. The number of carbonyl (C=O) groups is 1. The highest BCUT2D eigenvalue weighted by Gasteiger charge is 2.22. The lowest BCUT2D eigenvalue weighted by Crippen LogP contribution is -2.28. The Kier molecular flexibility index (Phi) is 3.66. The van der Waals surface area contributed by atoms with E-state index >= 15 is 0 Å². The van der Waals surface area contributed by atoms with Gasteiger partial charge in [0.1, 0.15) is 5.60 Å². The van der Waals surface area contributed by atoms with Gasteiger partial charge in [0.15, 0.2) is 6.21 Å². The average molecular weight is 221 g/mol. The van der Waals surface area contributed by atoms with E-state index in [-0.39, 0.29) is 4.74 Å². The van der Waals surface area contributed by atoms with Crippen LogP contribution in [0.4, 0.5) is 4.79 Å². The molecule has 0 aliphatic rings. The molecule has 86 valence electrons. The summed E-state index contributed by atoms with van der Waals surface area (Å²) in [7, 11) is 0. The maximum Gasteiger partial charge on any atom is 0.608 e. The van der Waals surface area contributed by atoms with Gasteiger partial charge in [0, 0.05) is 5.56 Å². The van der Waals surface area contributed by atoms with Gasteiger partial charge in [-0.3, -0.25) is 0 Å². The first-order valence-electron chi connectivity index (χ1n) is 4.98. The van der Waals surface area contributed by atoms with E-state index in [1.54, 1.807) is 45.0 Å². The van der Waals surface area contributed by atoms with Crippen molar-refractivity contribution in [3.8, 4) is 0 Å². The molecule has 1 aromatic carbocycles. The number of nitrogens with zero attached hydrogens (tertiary/aromatic N) is 1. The number of rotatable bonds is 1. The Hall–Kier alpha value is -1.84. The van der Waals surface area contributed by atoms with Gasteiger partial charge in [-0.15, -0.1) is 0 Å². The molecule has 0 aliphatic carbocycles. The first-order chi connectivity index (χ1) is 7.38. The maximum absolute atomic E-state index is 11.4. The van der Waals surface area contributed by atoms with Crippen molar-refractivity contribution in [2.75, 3.05) is 0 Å². The van der Waals surface area contributed by atoms with Crippen LogP contribution in [0.1, 0.15) is 26.3 Å². The third-order valence-electron chi connectivity index (χ3n) is 1.64. The second-order valence-electron chi connectivity index (χ2n) is 4.35. The molecule has 1 rings (SSSR count). The second-order valence-corrected chi connectivity index (χ2v) is 4.35. The Bertz CT molecular complexity index is 390. The van der Waals surface area contributed by atoms with E-state index < -0.39 is 11.7 Å². The van der Waals surface area contributed by atoms with E-state index in [1.807, 2.05) is 6.07 Å². The lowest BCUT2D eigenvalue weighted by atomic mass is 10.2. The maximum atomic E-state index is 11.4. The zero-order chi connectivity index (χ0) is 12.2. The Labute approximate surface area is 94.7 Å². The Morgan fingerprint density at radius 2 is 1.88 bits per heavy atom. The smallest absolute Gasteiger partial charge is 0.608 e. The summed E-state index contributed by atoms with van der Waals surface area (Å²) in [6.45, 7) is 5.13. The Morgan fingerprint density at radius 1 is 1.31 bits per heavy atom. The minimum atomic E-state index is -0.906. The molecule has 0 spiro atoms. The lowest BCUT2D eigenvalue weighted by Gasteiger charge is -2.16. The molecule has 0 aromatic heterocycles. The summed E-state index contributed by atoms with van der Waals surface area (Å²) >= 11 is 0. The van der Waals surface area contributed by atoms with Gasteiger partial charge >= 0.3 is 6.09 Å². The molecule has 1 amide bonds. The van der Waals surface area contributed by atoms with Gasteiger partial charge in [0.2, 0.25) is 0 Å². The highest BCUT2D eigenvalue weighted by atomic mass is 16.6. The average Bonchev–Trinajstić information content (AvgIpc) is 2.16. The standard InChI is InChI=1S/C12H15NO3/c1-12(2,3)16-11(14)13(15)9-10-7-5-4-6-8-10/h4-9H,1-3H3/b13-9+. The normalized spacial score (nSPS) is 12.3. The number of hydroxylamine groups is 1. The topological polar surface area (TPSA) is 52.4 Å². The van der Waals surface area contributed by atoms with Crippen LogP contribution in [0.5, 0.6) is 0 Å². The summed E-state index contributed by atoms with van der Waals surface area (Å²) in [5.74, 6) is 0. The third kappa shape index (κ3) is 4.13. The van der Waals surface area contributed by atoms with Crippen LogP contribution in [0.15, 0.2) is 30.3 Å². The van der Waals surface area contributed by atoms with Crippen LogP contribution in [-0.2, 0) is 4.74 Å². The number of ether oxygens (including phenoxy) is 1. The molecule has 0 aliphatic heterocycles. The molecular weight excluding hydrogens is 206 g/mol. The number of carbonyl (C=O) groups excluding carboxylic acids is 1. The van der Waals surface area contributed by atoms with Crippen molar-refractivity contribution in [2.45, 2.75) is 26.4 Å². The van der Waals surface area contributed by atoms with E-state index in [1.165, 1.54) is 6.21 Å². The first-order valence-corrected chi connectivity index (χ1v) is 4.98. The zero-order valence-electron chi connectivity index (χ0n) is 9.64. The van der Waals surface area contributed by atoms with E-state index in [0.29, 0.717) is 5.56 Å². The van der Waals surface area contributed by atoms with Crippen molar-refractivity contribution in [3.05, 3.63) is 41.1 Å². The summed E-state index contributed by atoms with van der Waals surface area (Å²) in [6.07, 6.45) is 0.282. The van der Waals surface area contributed by atoms with E-state index in [0.717, 1.165) is 0 Å². The summed E-state index contributed by atoms with van der Waals surface area (Å²) < 4.78 is 5.11. The fourth-order valence-electron chi connectivity index (χ4n) is 1.03. The van der Waals surface area contributed by atoms with Crippen LogP contribution >= 0.6 is 0 Å². The molecule has 0 atom stereocenters. The summed E-state index contributed by atoms with van der Waals surface area (Å²) in [5.41, 5.74) is -0.00654. The number of hydrogen-bond acceptors (Lipinski definition) is 3. The van der Waals surface area contributed by atoms with Crippen LogP contribution in [0.3, 0.4) is 0 Å². The van der Waals surface area contributed by atoms with Gasteiger partial charge < -0.3 is 9.94 Å². The Morgan fingerprint density at radius 3 is 2.38 bits per heavy atom. The van der Waals surface area contributed by atoms with E-state index in [2.05, 4.69) is 0 Å². The molecule has 4 heteroatoms. The molecule has 0 radical (unpaired) electrons. The summed E-state index contributed by atoms with van der Waals surface area (Å²) in [6, 6.07) is 8.87. The molecule has 0 saturated heterocycles. The third-order valence-corrected chi connectivity index (χ3v) is 1.64. The van der Waals surface area contributed by atoms with Gasteiger partial charge in [-0.2, -0.15) is 4.79 Å². The minimum Gasteiger partial charge on any atom is -0.613 e. The van der Waals surface area contributed by atoms with Gasteiger partial charge in [-0.1, -0.05) is 22.9 Å². The van der Waals surface area contributed by atoms with E-state index in [9.17, 15) is 10.0 Å². The first kappa shape index (κ1) is 12.2. The molecule has 0 bridgehead atoms. The van der Waals surface area contributed by atoms with Crippen LogP contribution < -0.4 is 0 Å². The van der Waals surface area contributed by atoms with Gasteiger partial charge in [-0.05, 0) is 32.9 Å². The Balaban J connectivity index is 2.75. The molecule has 0 fully saturated rings. The predicted octanol–water partition coefficient (Wildman–Crippen LogP) is 2.55. The number of amides is 1. The molecule has 1 aromatic rings. The predicted molar refractivity (Wildman–Crippen MR) is 61.5 cm³/mol. The SMILES string of the molecule is CC(C)(C)OC(=O)/[N+]([O-])=C\c1ccccc1.